The maximum absolute atomic E-state index is 5.87. The summed E-state index contributed by atoms with van der Waals surface area (Å²) in [5.41, 5.74) is 3.33. The van der Waals surface area contributed by atoms with Gasteiger partial charge >= 0.3 is 0 Å². The Morgan fingerprint density at radius 2 is 1.56 bits per heavy atom. The van der Waals surface area contributed by atoms with E-state index in [1.54, 1.807) is 6.20 Å². The van der Waals surface area contributed by atoms with Gasteiger partial charge in [0.05, 0.1) is 5.69 Å². The van der Waals surface area contributed by atoms with Crippen molar-refractivity contribution in [3.63, 3.8) is 0 Å². The van der Waals surface area contributed by atoms with E-state index in [0.29, 0.717) is 6.01 Å². The summed E-state index contributed by atoms with van der Waals surface area (Å²) in [6.07, 6.45) is 1.76. The molecule has 1 aliphatic rings. The van der Waals surface area contributed by atoms with Crippen LogP contribution in [0, 0.1) is 0 Å². The van der Waals surface area contributed by atoms with Crippen LogP contribution in [0.15, 0.2) is 65.2 Å². The Morgan fingerprint density at radius 3 is 2.30 bits per heavy atom. The number of nitrogens with zero attached hydrogens (tertiary/aromatic N) is 6. The van der Waals surface area contributed by atoms with Crippen LogP contribution in [-0.4, -0.2) is 46.3 Å². The van der Waals surface area contributed by atoms with Crippen LogP contribution in [0.3, 0.4) is 0 Å². The van der Waals surface area contributed by atoms with E-state index in [0.717, 1.165) is 54.5 Å². The lowest BCUT2D eigenvalue weighted by molar-refractivity contribution is 0.540. The molecule has 0 unspecified atom stereocenters. The maximum atomic E-state index is 5.87. The highest BCUT2D eigenvalue weighted by Crippen LogP contribution is 2.24. The molecule has 0 saturated carbocycles. The Morgan fingerprint density at radius 1 is 0.741 bits per heavy atom. The van der Waals surface area contributed by atoms with Gasteiger partial charge in [0.1, 0.15) is 11.2 Å². The smallest absolute Gasteiger partial charge is 0.298 e. The predicted octanol–water partition coefficient (Wildman–Crippen LogP) is 3.01. The van der Waals surface area contributed by atoms with E-state index in [2.05, 4.69) is 30.0 Å². The van der Waals surface area contributed by atoms with Gasteiger partial charge in [-0.1, -0.05) is 18.2 Å². The predicted molar refractivity (Wildman–Crippen MR) is 104 cm³/mol. The van der Waals surface area contributed by atoms with E-state index < -0.39 is 0 Å². The van der Waals surface area contributed by atoms with Gasteiger partial charge in [0.25, 0.3) is 6.01 Å². The number of hydrogen-bond donors (Lipinski definition) is 0. The molecule has 0 bridgehead atoms. The van der Waals surface area contributed by atoms with E-state index in [9.17, 15) is 0 Å². The first-order valence-corrected chi connectivity index (χ1v) is 8.97. The number of oxazole rings is 1. The number of rotatable bonds is 3. The van der Waals surface area contributed by atoms with Crippen LogP contribution in [0.25, 0.3) is 22.5 Å². The molecule has 4 heterocycles. The van der Waals surface area contributed by atoms with Crippen molar-refractivity contribution in [2.45, 2.75) is 0 Å². The maximum Gasteiger partial charge on any atom is 0.298 e. The molecular formula is C20H18N6O. The number of piperazine rings is 1. The van der Waals surface area contributed by atoms with Gasteiger partial charge in [-0.25, -0.2) is 0 Å². The Kier molecular flexibility index (Phi) is 3.90. The minimum atomic E-state index is 0.687. The highest BCUT2D eigenvalue weighted by atomic mass is 16.4. The van der Waals surface area contributed by atoms with Crippen molar-refractivity contribution in [1.82, 2.24) is 20.2 Å². The molecule has 0 radical (unpaired) electrons. The van der Waals surface area contributed by atoms with Gasteiger partial charge < -0.3 is 14.2 Å². The normalized spacial score (nSPS) is 14.7. The van der Waals surface area contributed by atoms with E-state index in [1.165, 1.54) is 0 Å². The summed E-state index contributed by atoms with van der Waals surface area (Å²) >= 11 is 0. The lowest BCUT2D eigenvalue weighted by Crippen LogP contribution is -2.47. The zero-order valence-electron chi connectivity index (χ0n) is 14.7. The molecule has 4 aromatic rings. The fraction of sp³-hybridized carbons (Fsp3) is 0.200. The number of anilines is 2. The summed E-state index contributed by atoms with van der Waals surface area (Å²) in [4.78, 5) is 13.3. The molecular weight excluding hydrogens is 340 g/mol. The number of pyridine rings is 1. The molecule has 0 amide bonds. The van der Waals surface area contributed by atoms with Gasteiger partial charge in [0, 0.05) is 32.4 Å². The summed E-state index contributed by atoms with van der Waals surface area (Å²) in [5.74, 6) is 0.881. The van der Waals surface area contributed by atoms with Crippen molar-refractivity contribution in [3.8, 4) is 11.4 Å². The van der Waals surface area contributed by atoms with Crippen molar-refractivity contribution in [1.29, 1.82) is 0 Å². The average Bonchev–Trinajstić information content (AvgIpc) is 3.19. The molecule has 0 aliphatic carbocycles. The van der Waals surface area contributed by atoms with E-state index in [1.807, 2.05) is 54.6 Å². The third-order valence-corrected chi connectivity index (χ3v) is 4.73. The van der Waals surface area contributed by atoms with Gasteiger partial charge in [-0.05, 0) is 36.4 Å². The van der Waals surface area contributed by atoms with Gasteiger partial charge in [0.2, 0.25) is 0 Å². The summed E-state index contributed by atoms with van der Waals surface area (Å²) in [6, 6.07) is 18.3. The summed E-state index contributed by atoms with van der Waals surface area (Å²) in [5, 5.41) is 8.72. The molecule has 0 atom stereocenters. The second-order valence-corrected chi connectivity index (χ2v) is 6.43. The van der Waals surface area contributed by atoms with Crippen LogP contribution in [-0.2, 0) is 0 Å². The summed E-state index contributed by atoms with van der Waals surface area (Å²) in [6.45, 7) is 3.35. The van der Waals surface area contributed by atoms with Gasteiger partial charge in [-0.15, -0.1) is 10.2 Å². The average molecular weight is 358 g/mol. The fourth-order valence-corrected chi connectivity index (χ4v) is 3.27. The number of aromatic nitrogens is 4. The molecule has 3 aromatic heterocycles. The zero-order valence-corrected chi connectivity index (χ0v) is 14.7. The van der Waals surface area contributed by atoms with Crippen LogP contribution < -0.4 is 9.80 Å². The molecule has 1 fully saturated rings. The highest BCUT2D eigenvalue weighted by Gasteiger charge is 2.22. The summed E-state index contributed by atoms with van der Waals surface area (Å²) in [7, 11) is 0. The number of benzene rings is 1. The van der Waals surface area contributed by atoms with Crippen LogP contribution in [0.1, 0.15) is 0 Å². The highest BCUT2D eigenvalue weighted by molar-refractivity contribution is 5.74. The van der Waals surface area contributed by atoms with Crippen molar-refractivity contribution in [2.75, 3.05) is 36.0 Å². The first kappa shape index (κ1) is 15.7. The molecule has 5 rings (SSSR count). The monoisotopic (exact) mass is 358 g/mol. The van der Waals surface area contributed by atoms with Crippen LogP contribution >= 0.6 is 0 Å². The van der Waals surface area contributed by atoms with Crippen LogP contribution in [0.2, 0.25) is 0 Å². The minimum Gasteiger partial charge on any atom is -0.423 e. The Hall–Kier alpha value is -3.48. The number of para-hydroxylation sites is 2. The molecule has 0 spiro atoms. The number of fused-ring (bicyclic) bond motifs is 1. The fourth-order valence-electron chi connectivity index (χ4n) is 3.27. The van der Waals surface area contributed by atoms with Crippen LogP contribution in [0.4, 0.5) is 11.8 Å². The molecule has 134 valence electrons. The third-order valence-electron chi connectivity index (χ3n) is 4.73. The molecule has 0 N–H and O–H groups in total. The summed E-state index contributed by atoms with van der Waals surface area (Å²) < 4.78 is 5.87. The Balaban J connectivity index is 1.27. The minimum absolute atomic E-state index is 0.687. The van der Waals surface area contributed by atoms with Gasteiger partial charge in [-0.3, -0.25) is 4.98 Å². The van der Waals surface area contributed by atoms with Crippen molar-refractivity contribution in [3.05, 3.63) is 60.8 Å². The van der Waals surface area contributed by atoms with Crippen LogP contribution in [0.5, 0.6) is 0 Å². The SMILES string of the molecule is c1ccc(-c2ccc(N3CCN(c4nc5ccccc5o4)CC3)nn2)nc1. The first-order valence-electron chi connectivity index (χ1n) is 8.97. The van der Waals surface area contributed by atoms with E-state index >= 15 is 0 Å². The van der Waals surface area contributed by atoms with Crippen molar-refractivity contribution < 1.29 is 4.42 Å². The molecule has 7 heteroatoms. The number of hydrogen-bond acceptors (Lipinski definition) is 7. The molecule has 1 aromatic carbocycles. The largest absolute Gasteiger partial charge is 0.423 e. The molecule has 1 aliphatic heterocycles. The molecule has 7 nitrogen and oxygen atoms in total. The second-order valence-electron chi connectivity index (χ2n) is 6.43. The molecule has 1 saturated heterocycles. The van der Waals surface area contributed by atoms with Crippen molar-refractivity contribution in [2.24, 2.45) is 0 Å². The third kappa shape index (κ3) is 3.08. The Bertz CT molecular complexity index is 1010. The van der Waals surface area contributed by atoms with Crippen molar-refractivity contribution >= 4 is 22.9 Å². The van der Waals surface area contributed by atoms with E-state index in [4.69, 9.17) is 4.42 Å². The zero-order chi connectivity index (χ0) is 18.1. The van der Waals surface area contributed by atoms with E-state index in [-0.39, 0.29) is 0 Å². The molecule has 27 heavy (non-hydrogen) atoms. The lowest BCUT2D eigenvalue weighted by atomic mass is 10.2. The Labute approximate surface area is 156 Å². The quantitative estimate of drug-likeness (QED) is 0.557. The topological polar surface area (TPSA) is 71.2 Å². The lowest BCUT2D eigenvalue weighted by Gasteiger charge is -2.34. The first-order chi connectivity index (χ1) is 13.4. The second kappa shape index (κ2) is 6.68. The van der Waals surface area contributed by atoms with Gasteiger partial charge in [-0.2, -0.15) is 4.98 Å². The van der Waals surface area contributed by atoms with Gasteiger partial charge in [0.15, 0.2) is 11.4 Å². The standard InChI is InChI=1S/C20H18N6O/c1-2-7-18-17(6-1)22-20(27-18)26-13-11-25(12-14-26)19-9-8-16(23-24-19)15-5-3-4-10-21-15/h1-10H,11-14H2.